The van der Waals surface area contributed by atoms with Crippen LogP contribution >= 0.6 is 0 Å². The van der Waals surface area contributed by atoms with E-state index in [0.29, 0.717) is 80.0 Å². The Balaban J connectivity index is 0.000000114. The van der Waals surface area contributed by atoms with E-state index in [2.05, 4.69) is 103 Å². The molecule has 0 saturated carbocycles. The molecular formula is C106H95F4N25O4. The molecule has 4 aliphatic rings. The molecule has 0 radical (unpaired) electrons. The van der Waals surface area contributed by atoms with Crippen LogP contribution in [-0.2, 0) is 25.7 Å². The van der Waals surface area contributed by atoms with E-state index in [1.54, 1.807) is 118 Å². The van der Waals surface area contributed by atoms with Crippen LogP contribution in [0.4, 0.5) is 41.4 Å². The number of pyridine rings is 3. The normalized spacial score (nSPS) is 14.8. The van der Waals surface area contributed by atoms with Crippen LogP contribution in [0.25, 0.3) is 123 Å². The van der Waals surface area contributed by atoms with Crippen molar-refractivity contribution in [1.29, 1.82) is 0 Å². The minimum atomic E-state index is -0.294. The third-order valence-electron chi connectivity index (χ3n) is 24.8. The number of halogens is 4. The Bertz CT molecular complexity index is 7550. The summed E-state index contributed by atoms with van der Waals surface area (Å²) in [6.45, 7) is 7.44. The number of unbranched alkanes of at least 4 members (excludes halogenated alkanes) is 1. The molecule has 0 spiro atoms. The number of fused-ring (bicyclic) bond motifs is 7. The maximum absolute atomic E-state index is 13.7. The van der Waals surface area contributed by atoms with E-state index in [9.17, 15) is 17.6 Å². The largest absolute Gasteiger partial charge is 0.475 e. The fourth-order valence-electron chi connectivity index (χ4n) is 18.2. The van der Waals surface area contributed by atoms with Crippen LogP contribution in [0, 0.1) is 23.3 Å². The third kappa shape index (κ3) is 19.6. The van der Waals surface area contributed by atoms with E-state index in [1.807, 2.05) is 110 Å². The molecule has 29 nitrogen and oxygen atoms in total. The quantitative estimate of drug-likeness (QED) is 0.0274. The second-order valence-corrected chi connectivity index (χ2v) is 33.6. The van der Waals surface area contributed by atoms with Gasteiger partial charge >= 0.3 is 0 Å². The highest BCUT2D eigenvalue weighted by atomic mass is 19.1. The Morgan fingerprint density at radius 1 is 0.338 bits per heavy atom. The van der Waals surface area contributed by atoms with Crippen LogP contribution in [0.2, 0.25) is 0 Å². The van der Waals surface area contributed by atoms with Gasteiger partial charge in [-0.15, -0.1) is 0 Å². The molecule has 16 heterocycles. The second kappa shape index (κ2) is 41.1. The van der Waals surface area contributed by atoms with Gasteiger partial charge in [-0.05, 0) is 213 Å². The fraction of sp³-hybridized carbons (Fsp3) is 0.217. The number of anilines is 4. The van der Waals surface area contributed by atoms with Crippen molar-refractivity contribution in [2.24, 2.45) is 0 Å². The number of nitrogens with one attached hydrogen (secondary N) is 3. The van der Waals surface area contributed by atoms with E-state index in [4.69, 9.17) is 59.6 Å². The molecule has 5 N–H and O–H groups in total. The molecule has 33 heteroatoms. The molecular weight excluding hydrogens is 1760 g/mol. The average Bonchev–Trinajstić information content (AvgIpc) is 1.61. The smallest absolute Gasteiger partial charge is 0.232 e. The van der Waals surface area contributed by atoms with Crippen molar-refractivity contribution >= 4 is 56.1 Å². The predicted molar refractivity (Wildman–Crippen MR) is 525 cm³/mol. The summed E-state index contributed by atoms with van der Waals surface area (Å²) in [5, 5.41) is 15.7. The highest BCUT2D eigenvalue weighted by molar-refractivity contribution is 5.89. The van der Waals surface area contributed by atoms with Gasteiger partial charge in [-0.25, -0.2) is 97.3 Å². The summed E-state index contributed by atoms with van der Waals surface area (Å²) in [6, 6.07) is 63.4. The van der Waals surface area contributed by atoms with E-state index >= 15 is 0 Å². The second-order valence-electron chi connectivity index (χ2n) is 33.6. The molecule has 7 aromatic carbocycles. The van der Waals surface area contributed by atoms with Crippen molar-refractivity contribution in [3.05, 3.63) is 321 Å². The van der Waals surface area contributed by atoms with Crippen molar-refractivity contribution in [3.8, 4) is 114 Å². The Hall–Kier alpha value is -16.9. The van der Waals surface area contributed by atoms with Crippen LogP contribution in [0.1, 0.15) is 99.8 Å². The number of ether oxygens (including phenoxy) is 4. The molecule has 139 heavy (non-hydrogen) atoms. The van der Waals surface area contributed by atoms with Crippen LogP contribution < -0.4 is 40.6 Å². The minimum absolute atomic E-state index is 0.0312. The number of aromatic nitrogens is 21. The van der Waals surface area contributed by atoms with Gasteiger partial charge in [-0.3, -0.25) is 4.98 Å². The van der Waals surface area contributed by atoms with Gasteiger partial charge in [0, 0.05) is 140 Å². The number of aryl methyl sites for hydroxylation is 4. The Morgan fingerprint density at radius 2 is 0.669 bits per heavy atom. The number of imidazole rings is 4. The molecule has 23 rings (SSSR count). The molecule has 4 unspecified atom stereocenters. The van der Waals surface area contributed by atoms with Crippen LogP contribution in [0.3, 0.4) is 0 Å². The van der Waals surface area contributed by atoms with Crippen molar-refractivity contribution in [2.45, 2.75) is 102 Å². The monoisotopic (exact) mass is 1860 g/mol. The zero-order valence-electron chi connectivity index (χ0n) is 76.2. The predicted octanol–water partition coefficient (Wildman–Crippen LogP) is 20.6. The minimum Gasteiger partial charge on any atom is -0.475 e. The number of benzene rings is 7. The molecule has 4 aliphatic heterocycles. The first-order valence-corrected chi connectivity index (χ1v) is 46.3. The summed E-state index contributed by atoms with van der Waals surface area (Å²) in [5.74, 6) is 6.87. The molecule has 0 bridgehead atoms. The molecule has 0 fully saturated rings. The van der Waals surface area contributed by atoms with E-state index < -0.39 is 0 Å². The van der Waals surface area contributed by atoms with Gasteiger partial charge in [-0.2, -0.15) is 0 Å². The zero-order valence-corrected chi connectivity index (χ0v) is 76.2. The molecule has 696 valence electrons. The van der Waals surface area contributed by atoms with Gasteiger partial charge in [0.1, 0.15) is 73.0 Å². The topological polar surface area (TPSA) is 338 Å². The van der Waals surface area contributed by atoms with Crippen molar-refractivity contribution < 1.29 is 36.5 Å². The highest BCUT2D eigenvalue weighted by Gasteiger charge is 2.37. The summed E-state index contributed by atoms with van der Waals surface area (Å²) in [7, 11) is 1.79. The fourth-order valence-corrected chi connectivity index (χ4v) is 18.2. The molecule has 0 amide bonds. The van der Waals surface area contributed by atoms with Crippen molar-refractivity contribution in [3.63, 3.8) is 0 Å². The first-order chi connectivity index (χ1) is 68.3. The van der Waals surface area contributed by atoms with Gasteiger partial charge in [0.25, 0.3) is 0 Å². The number of rotatable bonds is 27. The third-order valence-corrected chi connectivity index (χ3v) is 24.8. The number of nitrogens with two attached hydrogens (primary N) is 1. The Kier molecular flexibility index (Phi) is 26.6. The lowest BCUT2D eigenvalue weighted by atomic mass is 10.1. The van der Waals surface area contributed by atoms with E-state index in [-0.39, 0.29) is 53.4 Å². The van der Waals surface area contributed by atoms with Gasteiger partial charge in [-0.1, -0.05) is 67.9 Å². The first kappa shape index (κ1) is 90.0. The number of nitrogens with zero attached hydrogens (tertiary/aromatic N) is 21. The Morgan fingerprint density at radius 3 is 1.01 bits per heavy atom. The molecule has 0 saturated heterocycles. The molecule has 0 aliphatic carbocycles. The highest BCUT2D eigenvalue weighted by Crippen LogP contribution is 2.46. The standard InChI is InChI=1S/C28H25FN6O.C27H23FN6O.C26H21FN6O.C25H26FN7O/c1-2-30-28-32-16-14-23(33-28)26-25(19-7-9-20(29)10-8-19)34-24-12-11-21(35(24)26)17-36-27-22-6-4-3-5-18(22)13-15-31-27;1-29-27-31-15-13-22(32-27)25-24(18-6-8-19(28)9-7-18)33-23-11-10-20(34(23)25)16-35-26-21-5-3-2-4-17(21)12-14-30-26;27-18-7-5-17(6-8-18)23-24(21-12-14-30-26(28)31-21)33-19(9-10-22(33)32-23)15-34-25-20-4-2-1-3-16(20)11-13-29-25;1-2-3-11-29-25-30-12-10-20(31-25)24-23(17-4-6-18(26)7-5-17)32-21-9-8-19(33(21)24)16-34-22-15-27-13-14-28-22/h3-10,13-16,21H,2,11-12,17H2,1H3,(H,30,32,33);2-9,12-15,20H,10-11,16H2,1H3,(H,29,31,32);1-8,11-14,19H,9-10,15H2,(H2,28,30,31);4-7,10,12-15,19H,2-3,8-9,11,16H2,1H3,(H,29,30,31). The van der Waals surface area contributed by atoms with E-state index in [0.717, 1.165) is 211 Å². The SMILES string of the molecule is CCCCNc1nccc(-c2c(-c3ccc(F)cc3)nc3n2C(COc2cnccn2)CC3)n1.CCNc1nccc(-c2c(-c3ccc(F)cc3)nc3n2C(COc2nccc4ccccc24)CC3)n1.CNc1nccc(-c2c(-c3ccc(F)cc3)nc3n2C(COc2nccc4ccccc24)CC3)n1.Nc1nccc(-c2c(-c3ccc(F)cc3)nc3n2C(COc2nccc4ccccc24)CC3)n1. The van der Waals surface area contributed by atoms with Gasteiger partial charge < -0.3 is 58.9 Å². The number of nitrogen functional groups attached to an aromatic ring is 1. The van der Waals surface area contributed by atoms with Crippen LogP contribution in [0.15, 0.2) is 274 Å². The lowest BCUT2D eigenvalue weighted by Gasteiger charge is -2.18. The average molecular weight is 1860 g/mol. The summed E-state index contributed by atoms with van der Waals surface area (Å²) in [6.07, 6.45) is 25.9. The summed E-state index contributed by atoms with van der Waals surface area (Å²) in [5.41, 5.74) is 18.7. The molecule has 4 atom stereocenters. The van der Waals surface area contributed by atoms with Crippen LogP contribution in [0.5, 0.6) is 23.5 Å². The van der Waals surface area contributed by atoms with Crippen molar-refractivity contribution in [1.82, 2.24) is 103 Å². The lowest BCUT2D eigenvalue weighted by Crippen LogP contribution is -2.16. The first-order valence-electron chi connectivity index (χ1n) is 46.3. The summed E-state index contributed by atoms with van der Waals surface area (Å²) < 4.78 is 88.1. The van der Waals surface area contributed by atoms with Crippen LogP contribution in [-0.4, -0.2) is 150 Å². The molecule has 19 aromatic rings. The van der Waals surface area contributed by atoms with Crippen molar-refractivity contribution in [2.75, 3.05) is 68.2 Å². The maximum atomic E-state index is 13.7. The van der Waals surface area contributed by atoms with E-state index in [1.165, 1.54) is 48.5 Å². The van der Waals surface area contributed by atoms with Gasteiger partial charge in [0.05, 0.1) is 98.7 Å². The summed E-state index contributed by atoms with van der Waals surface area (Å²) in [4.78, 5) is 77.3. The number of hydrogen-bond donors (Lipinski definition) is 4. The number of hydrogen-bond acceptors (Lipinski definition) is 25. The maximum Gasteiger partial charge on any atom is 0.232 e. The lowest BCUT2D eigenvalue weighted by molar-refractivity contribution is 0.246. The molecule has 12 aromatic heterocycles. The summed E-state index contributed by atoms with van der Waals surface area (Å²) >= 11 is 0. The van der Waals surface area contributed by atoms with Gasteiger partial charge in [0.15, 0.2) is 0 Å². The zero-order chi connectivity index (χ0) is 94.7. The Labute approximate surface area is 796 Å². The van der Waals surface area contributed by atoms with Gasteiger partial charge in [0.2, 0.25) is 47.3 Å².